The lowest BCUT2D eigenvalue weighted by Gasteiger charge is -2.17. The van der Waals surface area contributed by atoms with Gasteiger partial charge in [0.2, 0.25) is 11.8 Å². The van der Waals surface area contributed by atoms with Crippen LogP contribution in [-0.4, -0.2) is 30.7 Å². The SMILES string of the molecule is CC(C)(C)C(=O)NCCCC(=O)NCCCSc1ccc(F)cc1. The van der Waals surface area contributed by atoms with E-state index in [4.69, 9.17) is 0 Å². The largest absolute Gasteiger partial charge is 0.356 e. The third-order valence-electron chi connectivity index (χ3n) is 3.27. The number of thioether (sulfide) groups is 1. The molecule has 2 N–H and O–H groups in total. The molecule has 24 heavy (non-hydrogen) atoms. The van der Waals surface area contributed by atoms with Crippen molar-refractivity contribution in [3.63, 3.8) is 0 Å². The molecule has 0 saturated heterocycles. The fraction of sp³-hybridized carbons (Fsp3) is 0.556. The average molecular weight is 354 g/mol. The lowest BCUT2D eigenvalue weighted by molar-refractivity contribution is -0.128. The fourth-order valence-electron chi connectivity index (χ4n) is 1.83. The molecule has 1 rings (SSSR count). The molecule has 0 unspecified atom stereocenters. The number of carbonyl (C=O) groups excluding carboxylic acids is 2. The summed E-state index contributed by atoms with van der Waals surface area (Å²) in [6.45, 7) is 6.72. The number of nitrogens with one attached hydrogen (secondary N) is 2. The van der Waals surface area contributed by atoms with Crippen LogP contribution in [0.3, 0.4) is 0 Å². The highest BCUT2D eigenvalue weighted by molar-refractivity contribution is 7.99. The Hall–Kier alpha value is -1.56. The van der Waals surface area contributed by atoms with Gasteiger partial charge in [0.25, 0.3) is 0 Å². The summed E-state index contributed by atoms with van der Waals surface area (Å²) in [6, 6.07) is 6.40. The Morgan fingerprint density at radius 2 is 1.67 bits per heavy atom. The first-order valence-corrected chi connectivity index (χ1v) is 9.21. The molecule has 0 spiro atoms. The zero-order valence-electron chi connectivity index (χ0n) is 14.7. The molecule has 0 aliphatic carbocycles. The van der Waals surface area contributed by atoms with Crippen molar-refractivity contribution in [1.82, 2.24) is 10.6 Å². The first kappa shape index (κ1) is 20.5. The second-order valence-electron chi connectivity index (χ2n) is 6.62. The van der Waals surface area contributed by atoms with Gasteiger partial charge in [-0.2, -0.15) is 0 Å². The van der Waals surface area contributed by atoms with Crippen molar-refractivity contribution in [1.29, 1.82) is 0 Å². The van der Waals surface area contributed by atoms with Gasteiger partial charge in [-0.05, 0) is 42.9 Å². The highest BCUT2D eigenvalue weighted by atomic mass is 32.2. The maximum absolute atomic E-state index is 12.8. The lowest BCUT2D eigenvalue weighted by atomic mass is 9.96. The first-order chi connectivity index (χ1) is 11.3. The predicted molar refractivity (Wildman–Crippen MR) is 96.4 cm³/mol. The average Bonchev–Trinajstić information content (AvgIpc) is 2.52. The highest BCUT2D eigenvalue weighted by Crippen LogP contribution is 2.18. The van der Waals surface area contributed by atoms with E-state index in [1.54, 1.807) is 23.9 Å². The van der Waals surface area contributed by atoms with Crippen molar-refractivity contribution in [3.8, 4) is 0 Å². The van der Waals surface area contributed by atoms with Crippen molar-refractivity contribution in [2.75, 3.05) is 18.8 Å². The summed E-state index contributed by atoms with van der Waals surface area (Å²) >= 11 is 1.64. The molecule has 0 radical (unpaired) electrons. The van der Waals surface area contributed by atoms with E-state index in [-0.39, 0.29) is 17.6 Å². The van der Waals surface area contributed by atoms with Gasteiger partial charge in [0.1, 0.15) is 5.82 Å². The molecule has 0 aliphatic rings. The van der Waals surface area contributed by atoms with Crippen LogP contribution in [0.2, 0.25) is 0 Å². The van der Waals surface area contributed by atoms with Crippen LogP contribution in [0.15, 0.2) is 29.2 Å². The molecule has 4 nitrogen and oxygen atoms in total. The Labute approximate surface area is 148 Å². The highest BCUT2D eigenvalue weighted by Gasteiger charge is 2.20. The summed E-state index contributed by atoms with van der Waals surface area (Å²) in [6.07, 6.45) is 1.90. The van der Waals surface area contributed by atoms with Crippen LogP contribution in [0.25, 0.3) is 0 Å². The van der Waals surface area contributed by atoms with Crippen molar-refractivity contribution < 1.29 is 14.0 Å². The van der Waals surface area contributed by atoms with Gasteiger partial charge >= 0.3 is 0 Å². The Morgan fingerprint density at radius 3 is 2.29 bits per heavy atom. The summed E-state index contributed by atoms with van der Waals surface area (Å²) in [4.78, 5) is 24.4. The fourth-order valence-corrected chi connectivity index (χ4v) is 2.68. The molecule has 1 aromatic rings. The Kier molecular flexibility index (Phi) is 8.82. The van der Waals surface area contributed by atoms with E-state index in [0.717, 1.165) is 17.1 Å². The first-order valence-electron chi connectivity index (χ1n) is 8.22. The van der Waals surface area contributed by atoms with Crippen LogP contribution in [0.4, 0.5) is 4.39 Å². The molecule has 2 amide bonds. The maximum atomic E-state index is 12.8. The minimum absolute atomic E-state index is 0.000672. The minimum Gasteiger partial charge on any atom is -0.356 e. The molecule has 0 bridgehead atoms. The Balaban J connectivity index is 2.02. The van der Waals surface area contributed by atoms with E-state index >= 15 is 0 Å². The van der Waals surface area contributed by atoms with Crippen LogP contribution in [0.1, 0.15) is 40.0 Å². The molecule has 134 valence electrons. The summed E-state index contributed by atoms with van der Waals surface area (Å²) < 4.78 is 12.8. The normalized spacial score (nSPS) is 11.2. The summed E-state index contributed by atoms with van der Waals surface area (Å²) in [5.74, 6) is 0.644. The molecule has 0 aromatic heterocycles. The van der Waals surface area contributed by atoms with Gasteiger partial charge in [0, 0.05) is 29.8 Å². The van der Waals surface area contributed by atoms with Gasteiger partial charge < -0.3 is 10.6 Å². The van der Waals surface area contributed by atoms with Crippen LogP contribution < -0.4 is 10.6 Å². The standard InChI is InChI=1S/C18H27FN2O2S/c1-18(2,3)17(23)21-11-4-6-16(22)20-12-5-13-24-15-9-7-14(19)8-10-15/h7-10H,4-6,11-13H2,1-3H3,(H,20,22)(H,21,23). The predicted octanol–water partition coefficient (Wildman–Crippen LogP) is 3.37. The van der Waals surface area contributed by atoms with Gasteiger partial charge in [0.15, 0.2) is 0 Å². The summed E-state index contributed by atoms with van der Waals surface area (Å²) in [5.41, 5.74) is -0.398. The number of hydrogen-bond donors (Lipinski definition) is 2. The molecule has 0 heterocycles. The molecular weight excluding hydrogens is 327 g/mol. The van der Waals surface area contributed by atoms with Gasteiger partial charge in [0.05, 0.1) is 0 Å². The van der Waals surface area contributed by atoms with Crippen LogP contribution >= 0.6 is 11.8 Å². The molecule has 0 aliphatic heterocycles. The van der Waals surface area contributed by atoms with Crippen LogP contribution in [0.5, 0.6) is 0 Å². The maximum Gasteiger partial charge on any atom is 0.225 e. The molecule has 1 aromatic carbocycles. The molecular formula is C18H27FN2O2S. The zero-order chi connectivity index (χ0) is 18.0. The zero-order valence-corrected chi connectivity index (χ0v) is 15.5. The number of amides is 2. The Bertz CT molecular complexity index is 527. The third-order valence-corrected chi connectivity index (χ3v) is 4.37. The Morgan fingerprint density at radius 1 is 1.04 bits per heavy atom. The van der Waals surface area contributed by atoms with E-state index in [1.165, 1.54) is 12.1 Å². The number of rotatable bonds is 9. The monoisotopic (exact) mass is 354 g/mol. The van der Waals surface area contributed by atoms with Crippen molar-refractivity contribution in [3.05, 3.63) is 30.1 Å². The lowest BCUT2D eigenvalue weighted by Crippen LogP contribution is -2.35. The smallest absolute Gasteiger partial charge is 0.225 e. The van der Waals surface area contributed by atoms with Crippen molar-refractivity contribution in [2.45, 2.75) is 44.9 Å². The van der Waals surface area contributed by atoms with Crippen molar-refractivity contribution >= 4 is 23.6 Å². The molecule has 0 fully saturated rings. The van der Waals surface area contributed by atoms with Gasteiger partial charge in [-0.15, -0.1) is 11.8 Å². The second kappa shape index (κ2) is 10.3. The van der Waals surface area contributed by atoms with E-state index in [2.05, 4.69) is 10.6 Å². The molecule has 6 heteroatoms. The summed E-state index contributed by atoms with van der Waals surface area (Å²) in [7, 11) is 0. The van der Waals surface area contributed by atoms with Crippen LogP contribution in [-0.2, 0) is 9.59 Å². The van der Waals surface area contributed by atoms with Crippen molar-refractivity contribution in [2.24, 2.45) is 5.41 Å². The van der Waals surface area contributed by atoms with E-state index in [9.17, 15) is 14.0 Å². The number of benzene rings is 1. The quantitative estimate of drug-likeness (QED) is 0.528. The number of hydrogen-bond acceptors (Lipinski definition) is 3. The second-order valence-corrected chi connectivity index (χ2v) is 7.78. The molecule has 0 atom stereocenters. The molecule has 0 saturated carbocycles. The third kappa shape index (κ3) is 8.91. The van der Waals surface area contributed by atoms with E-state index in [0.29, 0.717) is 25.9 Å². The van der Waals surface area contributed by atoms with Gasteiger partial charge in [-0.25, -0.2) is 4.39 Å². The van der Waals surface area contributed by atoms with E-state index < -0.39 is 5.41 Å². The number of carbonyl (C=O) groups is 2. The van der Waals surface area contributed by atoms with Gasteiger partial charge in [-0.1, -0.05) is 20.8 Å². The van der Waals surface area contributed by atoms with E-state index in [1.807, 2.05) is 20.8 Å². The van der Waals surface area contributed by atoms with Crippen LogP contribution in [0, 0.1) is 11.2 Å². The summed E-state index contributed by atoms with van der Waals surface area (Å²) in [5, 5.41) is 5.70. The number of halogens is 1. The van der Waals surface area contributed by atoms with Gasteiger partial charge in [-0.3, -0.25) is 9.59 Å². The minimum atomic E-state index is -0.398. The topological polar surface area (TPSA) is 58.2 Å².